The number of nitrogens with zero attached hydrogens (tertiary/aromatic N) is 2. The van der Waals surface area contributed by atoms with Crippen LogP contribution in [0.4, 0.5) is 13.2 Å². The Balaban J connectivity index is 2.45. The maximum atomic E-state index is 13.2. The molecular weight excluding hydrogens is 379 g/mol. The molecule has 0 bridgehead atoms. The Morgan fingerprint density at radius 1 is 1.32 bits per heavy atom. The van der Waals surface area contributed by atoms with E-state index in [-0.39, 0.29) is 18.0 Å². The minimum absolute atomic E-state index is 0.127. The Labute approximate surface area is 139 Å². The lowest BCUT2D eigenvalue weighted by molar-refractivity contribution is -0.142. The minimum Gasteiger partial charge on any atom is -0.328 e. The third-order valence-electron chi connectivity index (χ3n) is 2.91. The highest BCUT2D eigenvalue weighted by Crippen LogP contribution is 2.39. The molecule has 0 spiro atoms. The van der Waals surface area contributed by atoms with Crippen molar-refractivity contribution in [1.29, 1.82) is 0 Å². The van der Waals surface area contributed by atoms with E-state index in [9.17, 15) is 13.2 Å². The number of halogens is 4. The molecule has 2 rings (SSSR count). The van der Waals surface area contributed by atoms with Gasteiger partial charge in [0, 0.05) is 28.0 Å². The van der Waals surface area contributed by atoms with E-state index in [1.54, 1.807) is 6.92 Å². The molecule has 0 amide bonds. The van der Waals surface area contributed by atoms with Crippen LogP contribution in [0.5, 0.6) is 0 Å². The lowest BCUT2D eigenvalue weighted by Gasteiger charge is -2.11. The molecule has 1 atom stereocenters. The molecule has 1 heterocycles. The fourth-order valence-corrected chi connectivity index (χ4v) is 3.26. The van der Waals surface area contributed by atoms with Crippen molar-refractivity contribution in [1.82, 2.24) is 9.78 Å². The van der Waals surface area contributed by atoms with Crippen LogP contribution in [0.3, 0.4) is 0 Å². The third kappa shape index (κ3) is 4.05. The molecule has 8 heteroatoms. The second kappa shape index (κ2) is 6.64. The molecule has 22 heavy (non-hydrogen) atoms. The summed E-state index contributed by atoms with van der Waals surface area (Å²) in [6.07, 6.45) is -4.36. The molecule has 1 aromatic heterocycles. The van der Waals surface area contributed by atoms with Crippen molar-refractivity contribution in [3.05, 3.63) is 40.0 Å². The topological polar surface area (TPSA) is 43.8 Å². The number of aromatic nitrogens is 2. The van der Waals surface area contributed by atoms with Gasteiger partial charge in [-0.15, -0.1) is 0 Å². The molecule has 120 valence electrons. The Morgan fingerprint density at radius 2 is 1.91 bits per heavy atom. The summed E-state index contributed by atoms with van der Waals surface area (Å²) in [4.78, 5) is 0.839. The van der Waals surface area contributed by atoms with Crippen molar-refractivity contribution in [2.75, 3.05) is 0 Å². The van der Waals surface area contributed by atoms with Gasteiger partial charge in [0.15, 0.2) is 5.69 Å². The molecule has 0 aliphatic rings. The number of benzene rings is 1. The maximum absolute atomic E-state index is 13.2. The number of rotatable bonds is 4. The van der Waals surface area contributed by atoms with E-state index in [4.69, 9.17) is 5.73 Å². The van der Waals surface area contributed by atoms with Crippen LogP contribution in [-0.2, 0) is 19.6 Å². The van der Waals surface area contributed by atoms with Crippen LogP contribution in [0.15, 0.2) is 38.7 Å². The van der Waals surface area contributed by atoms with Crippen molar-refractivity contribution in [2.24, 2.45) is 12.8 Å². The molecule has 3 nitrogen and oxygen atoms in total. The van der Waals surface area contributed by atoms with E-state index < -0.39 is 11.9 Å². The quantitative estimate of drug-likeness (QED) is 0.844. The van der Waals surface area contributed by atoms with Crippen LogP contribution in [0.25, 0.3) is 0 Å². The second-order valence-electron chi connectivity index (χ2n) is 4.99. The predicted molar refractivity (Wildman–Crippen MR) is 83.8 cm³/mol. The van der Waals surface area contributed by atoms with Gasteiger partial charge in [-0.2, -0.15) is 18.3 Å². The number of hydrogen-bond acceptors (Lipinski definition) is 3. The predicted octanol–water partition coefficient (Wildman–Crippen LogP) is 4.24. The zero-order valence-corrected chi connectivity index (χ0v) is 14.4. The van der Waals surface area contributed by atoms with Crippen molar-refractivity contribution < 1.29 is 13.2 Å². The van der Waals surface area contributed by atoms with Crippen molar-refractivity contribution in [2.45, 2.75) is 35.5 Å². The zero-order chi connectivity index (χ0) is 16.5. The van der Waals surface area contributed by atoms with E-state index in [0.29, 0.717) is 5.03 Å². The SMILES string of the molecule is CC(N)Cc1c(C(F)(F)F)nn(C)c1Sc1ccc(Br)cc1. The molecule has 0 saturated heterocycles. The first-order chi connectivity index (χ1) is 10.2. The molecular formula is C14H15BrF3N3S. The van der Waals surface area contributed by atoms with E-state index in [2.05, 4.69) is 21.0 Å². The number of aryl methyl sites for hydroxylation is 1. The highest BCUT2D eigenvalue weighted by atomic mass is 79.9. The van der Waals surface area contributed by atoms with Gasteiger partial charge >= 0.3 is 6.18 Å². The first-order valence-corrected chi connectivity index (χ1v) is 8.11. The summed E-state index contributed by atoms with van der Waals surface area (Å²) < 4.78 is 41.6. The Bertz CT molecular complexity index is 651. The van der Waals surface area contributed by atoms with Gasteiger partial charge in [0.2, 0.25) is 0 Å². The maximum Gasteiger partial charge on any atom is 0.435 e. The molecule has 0 aliphatic heterocycles. The van der Waals surface area contributed by atoms with Crippen molar-refractivity contribution >= 4 is 27.7 Å². The van der Waals surface area contributed by atoms with Gasteiger partial charge in [-0.3, -0.25) is 4.68 Å². The van der Waals surface area contributed by atoms with Crippen molar-refractivity contribution in [3.8, 4) is 0 Å². The Morgan fingerprint density at radius 3 is 2.41 bits per heavy atom. The molecule has 0 radical (unpaired) electrons. The molecule has 0 fully saturated rings. The van der Waals surface area contributed by atoms with Gasteiger partial charge < -0.3 is 5.73 Å². The molecule has 2 aromatic rings. The largest absolute Gasteiger partial charge is 0.435 e. The van der Waals surface area contributed by atoms with Crippen LogP contribution in [0, 0.1) is 0 Å². The summed E-state index contributed by atoms with van der Waals surface area (Å²) in [6, 6.07) is 6.98. The van der Waals surface area contributed by atoms with Crippen molar-refractivity contribution in [3.63, 3.8) is 0 Å². The van der Waals surface area contributed by atoms with Gasteiger partial charge in [-0.25, -0.2) is 0 Å². The normalized spacial score (nSPS) is 13.4. The molecule has 0 saturated carbocycles. The van der Waals surface area contributed by atoms with E-state index in [1.807, 2.05) is 24.3 Å². The monoisotopic (exact) mass is 393 g/mol. The third-order valence-corrected chi connectivity index (χ3v) is 4.65. The average molecular weight is 394 g/mol. The van der Waals surface area contributed by atoms with Crippen LogP contribution >= 0.6 is 27.7 Å². The van der Waals surface area contributed by atoms with Crippen LogP contribution in [-0.4, -0.2) is 15.8 Å². The average Bonchev–Trinajstić information content (AvgIpc) is 2.69. The zero-order valence-electron chi connectivity index (χ0n) is 12.0. The molecule has 2 N–H and O–H groups in total. The Kier molecular flexibility index (Phi) is 5.24. The van der Waals surface area contributed by atoms with Gasteiger partial charge in [0.05, 0.1) is 0 Å². The number of nitrogens with two attached hydrogens (primary N) is 1. The lowest BCUT2D eigenvalue weighted by atomic mass is 10.1. The number of alkyl halides is 3. The highest BCUT2D eigenvalue weighted by molar-refractivity contribution is 9.10. The first kappa shape index (κ1) is 17.4. The summed E-state index contributed by atoms with van der Waals surface area (Å²) in [5.41, 5.74) is 5.00. The fraction of sp³-hybridized carbons (Fsp3) is 0.357. The van der Waals surface area contributed by atoms with E-state index in [0.717, 1.165) is 9.37 Å². The van der Waals surface area contributed by atoms with Crippen LogP contribution in [0.2, 0.25) is 0 Å². The minimum atomic E-state index is -4.49. The van der Waals surface area contributed by atoms with Crippen LogP contribution < -0.4 is 5.73 Å². The Hall–Kier alpha value is -0.990. The van der Waals surface area contributed by atoms with E-state index in [1.165, 1.54) is 23.5 Å². The van der Waals surface area contributed by atoms with Gasteiger partial charge in [-0.1, -0.05) is 27.7 Å². The number of hydrogen-bond donors (Lipinski definition) is 1. The summed E-state index contributed by atoms with van der Waals surface area (Å²) >= 11 is 4.58. The lowest BCUT2D eigenvalue weighted by Crippen LogP contribution is -2.20. The first-order valence-electron chi connectivity index (χ1n) is 6.50. The molecule has 1 unspecified atom stereocenters. The van der Waals surface area contributed by atoms with Crippen LogP contribution in [0.1, 0.15) is 18.2 Å². The summed E-state index contributed by atoms with van der Waals surface area (Å²) in [5, 5.41) is 4.12. The fourth-order valence-electron chi connectivity index (χ4n) is 2.03. The second-order valence-corrected chi connectivity index (χ2v) is 6.97. The summed E-state index contributed by atoms with van der Waals surface area (Å²) in [7, 11) is 1.51. The summed E-state index contributed by atoms with van der Waals surface area (Å²) in [6.45, 7) is 1.68. The van der Waals surface area contributed by atoms with Gasteiger partial charge in [0.25, 0.3) is 0 Å². The standard InChI is InChI=1S/C14H15BrF3N3S/c1-8(19)7-11-12(14(16,17)18)20-21(2)13(11)22-10-5-3-9(15)4-6-10/h3-6,8H,7,19H2,1-2H3. The van der Waals surface area contributed by atoms with E-state index >= 15 is 0 Å². The van der Waals surface area contributed by atoms with Gasteiger partial charge in [-0.05, 0) is 37.6 Å². The smallest absolute Gasteiger partial charge is 0.328 e. The van der Waals surface area contributed by atoms with Gasteiger partial charge in [0.1, 0.15) is 5.03 Å². The molecule has 0 aliphatic carbocycles. The molecule has 1 aromatic carbocycles. The highest BCUT2D eigenvalue weighted by Gasteiger charge is 2.39. The summed E-state index contributed by atoms with van der Waals surface area (Å²) in [5.74, 6) is 0.